The predicted octanol–water partition coefficient (Wildman–Crippen LogP) is 2.35. The van der Waals surface area contributed by atoms with Crippen LogP contribution in [0.3, 0.4) is 0 Å². The molecule has 0 fully saturated rings. The van der Waals surface area contributed by atoms with Crippen LogP contribution in [-0.2, 0) is 27.2 Å². The van der Waals surface area contributed by atoms with E-state index >= 15 is 0 Å². The Morgan fingerprint density at radius 1 is 1.17 bits per heavy atom. The van der Waals surface area contributed by atoms with Gasteiger partial charge >= 0.3 is 11.8 Å². The number of halogens is 1. The maximum absolute atomic E-state index is 12.3. The molecule has 30 heavy (non-hydrogen) atoms. The van der Waals surface area contributed by atoms with Crippen molar-refractivity contribution in [3.8, 4) is 0 Å². The highest BCUT2D eigenvalue weighted by Crippen LogP contribution is 2.38. The molecular weight excluding hydrogens is 406 g/mol. The second kappa shape index (κ2) is 8.45. The summed E-state index contributed by atoms with van der Waals surface area (Å²) in [6.45, 7) is 0.868. The van der Waals surface area contributed by atoms with Crippen molar-refractivity contribution < 1.29 is 19.5 Å². The Bertz CT molecular complexity index is 1020. The molecule has 2 aromatic rings. The topological polar surface area (TPSA) is 98.7 Å². The van der Waals surface area contributed by atoms with Crippen molar-refractivity contribution in [1.29, 1.82) is 0 Å². The lowest BCUT2D eigenvalue weighted by Gasteiger charge is -2.26. The minimum Gasteiger partial charge on any atom is -0.388 e. The van der Waals surface area contributed by atoms with E-state index in [2.05, 4.69) is 10.6 Å². The number of nitrogens with one attached hydrogen (secondary N) is 2. The number of aryl methyl sites for hydroxylation is 1. The zero-order valence-corrected chi connectivity index (χ0v) is 17.0. The van der Waals surface area contributed by atoms with Crippen molar-refractivity contribution in [3.05, 3.63) is 58.1 Å². The van der Waals surface area contributed by atoms with Crippen molar-refractivity contribution in [2.45, 2.75) is 31.8 Å². The van der Waals surface area contributed by atoms with Crippen molar-refractivity contribution in [2.75, 3.05) is 23.3 Å². The molecule has 0 spiro atoms. The summed E-state index contributed by atoms with van der Waals surface area (Å²) >= 11 is 5.91. The van der Waals surface area contributed by atoms with Crippen LogP contribution in [0.15, 0.2) is 36.4 Å². The standard InChI is InChI=1S/C22H22ClN3O4/c23-16-5-1-3-13(9-16)18(27)6-7-24-21(29)22(30)25-17-10-14-4-2-8-26-19(28)12-15(11-17)20(14)26/h1,3,5,9-11,18,27H,2,4,6-8,12H2,(H,24,29)(H,25,30). The average Bonchev–Trinajstić information content (AvgIpc) is 3.04. The smallest absolute Gasteiger partial charge is 0.313 e. The zero-order chi connectivity index (χ0) is 21.3. The Kier molecular flexibility index (Phi) is 5.74. The molecule has 4 rings (SSSR count). The Morgan fingerprint density at radius 3 is 2.77 bits per heavy atom. The second-order valence-corrected chi connectivity index (χ2v) is 7.97. The summed E-state index contributed by atoms with van der Waals surface area (Å²) in [4.78, 5) is 38.3. The van der Waals surface area contributed by atoms with Gasteiger partial charge in [0.1, 0.15) is 0 Å². The molecule has 8 heteroatoms. The first-order chi connectivity index (χ1) is 14.4. The normalized spacial score (nSPS) is 15.5. The van der Waals surface area contributed by atoms with E-state index in [9.17, 15) is 19.5 Å². The summed E-state index contributed by atoms with van der Waals surface area (Å²) in [5.74, 6) is -1.48. The van der Waals surface area contributed by atoms with Crippen LogP contribution in [-0.4, -0.2) is 35.9 Å². The van der Waals surface area contributed by atoms with E-state index in [1.165, 1.54) is 0 Å². The highest BCUT2D eigenvalue weighted by Gasteiger charge is 2.32. The maximum Gasteiger partial charge on any atom is 0.313 e. The van der Waals surface area contributed by atoms with Gasteiger partial charge in [0.05, 0.1) is 18.2 Å². The van der Waals surface area contributed by atoms with Gasteiger partial charge in [-0.1, -0.05) is 23.7 Å². The fraction of sp³-hybridized carbons (Fsp3) is 0.318. The first kappa shape index (κ1) is 20.4. The summed E-state index contributed by atoms with van der Waals surface area (Å²) in [6, 6.07) is 10.5. The molecule has 0 aliphatic carbocycles. The van der Waals surface area contributed by atoms with E-state index < -0.39 is 17.9 Å². The van der Waals surface area contributed by atoms with Crippen LogP contribution in [0.4, 0.5) is 11.4 Å². The van der Waals surface area contributed by atoms with Crippen LogP contribution in [0.25, 0.3) is 0 Å². The molecule has 1 unspecified atom stereocenters. The van der Waals surface area contributed by atoms with Crippen molar-refractivity contribution in [2.24, 2.45) is 0 Å². The SMILES string of the molecule is O=C(NCCC(O)c1cccc(Cl)c1)C(=O)Nc1cc2c3c(c1)CC(=O)N3CCC2. The van der Waals surface area contributed by atoms with Crippen molar-refractivity contribution in [3.63, 3.8) is 0 Å². The molecule has 3 N–H and O–H groups in total. The van der Waals surface area contributed by atoms with Gasteiger partial charge in [0, 0.05) is 23.8 Å². The molecular formula is C22H22ClN3O4. The highest BCUT2D eigenvalue weighted by atomic mass is 35.5. The van der Waals surface area contributed by atoms with Gasteiger partial charge in [-0.25, -0.2) is 0 Å². The second-order valence-electron chi connectivity index (χ2n) is 7.54. The Hall–Kier alpha value is -2.90. The van der Waals surface area contributed by atoms with Crippen LogP contribution in [0.5, 0.6) is 0 Å². The summed E-state index contributed by atoms with van der Waals surface area (Å²) in [5.41, 5.74) is 4.03. The third-order valence-corrected chi connectivity index (χ3v) is 5.64. The van der Waals surface area contributed by atoms with E-state index in [1.54, 1.807) is 35.2 Å². The molecule has 156 valence electrons. The average molecular weight is 428 g/mol. The first-order valence-corrected chi connectivity index (χ1v) is 10.3. The summed E-state index contributed by atoms with van der Waals surface area (Å²) in [6.07, 6.45) is 1.49. The Morgan fingerprint density at radius 2 is 1.97 bits per heavy atom. The number of carbonyl (C=O) groups is 3. The highest BCUT2D eigenvalue weighted by molar-refractivity contribution is 6.39. The summed E-state index contributed by atoms with van der Waals surface area (Å²) < 4.78 is 0. The van der Waals surface area contributed by atoms with Crippen LogP contribution < -0.4 is 15.5 Å². The lowest BCUT2D eigenvalue weighted by Crippen LogP contribution is -2.36. The van der Waals surface area contributed by atoms with Crippen LogP contribution >= 0.6 is 11.6 Å². The van der Waals surface area contributed by atoms with E-state index in [1.807, 2.05) is 6.07 Å². The van der Waals surface area contributed by atoms with Gasteiger partial charge in [-0.15, -0.1) is 0 Å². The fourth-order valence-corrected chi connectivity index (χ4v) is 4.22. The molecule has 3 amide bonds. The maximum atomic E-state index is 12.3. The molecule has 1 atom stereocenters. The third-order valence-electron chi connectivity index (χ3n) is 5.41. The molecule has 0 saturated carbocycles. The molecule has 2 heterocycles. The number of amides is 3. The Balaban J connectivity index is 1.33. The number of aliphatic hydroxyl groups excluding tert-OH is 1. The van der Waals surface area contributed by atoms with E-state index in [4.69, 9.17) is 11.6 Å². The van der Waals surface area contributed by atoms with Crippen molar-refractivity contribution in [1.82, 2.24) is 5.32 Å². The van der Waals surface area contributed by atoms with E-state index in [0.29, 0.717) is 22.7 Å². The number of hydrogen-bond donors (Lipinski definition) is 3. The summed E-state index contributed by atoms with van der Waals surface area (Å²) in [7, 11) is 0. The number of hydrogen-bond acceptors (Lipinski definition) is 4. The fourth-order valence-electron chi connectivity index (χ4n) is 4.02. The van der Waals surface area contributed by atoms with Crippen LogP contribution in [0.2, 0.25) is 5.02 Å². The molecule has 2 aromatic carbocycles. The minimum absolute atomic E-state index is 0.0745. The number of carbonyl (C=O) groups excluding carboxylic acids is 3. The summed E-state index contributed by atoms with van der Waals surface area (Å²) in [5, 5.41) is 15.8. The Labute approximate surface area is 179 Å². The third kappa shape index (κ3) is 4.17. The van der Waals surface area contributed by atoms with Gasteiger partial charge in [0.25, 0.3) is 0 Å². The molecule has 2 aliphatic heterocycles. The van der Waals surface area contributed by atoms with Gasteiger partial charge in [-0.05, 0) is 60.2 Å². The predicted molar refractivity (Wildman–Crippen MR) is 113 cm³/mol. The molecule has 0 radical (unpaired) electrons. The van der Waals surface area contributed by atoms with E-state index in [-0.39, 0.29) is 18.9 Å². The molecule has 0 aromatic heterocycles. The number of rotatable bonds is 5. The van der Waals surface area contributed by atoms with Gasteiger partial charge in [0.2, 0.25) is 5.91 Å². The minimum atomic E-state index is -0.794. The largest absolute Gasteiger partial charge is 0.388 e. The molecule has 2 aliphatic rings. The van der Waals surface area contributed by atoms with E-state index in [0.717, 1.165) is 36.2 Å². The quantitative estimate of drug-likeness (QED) is 0.638. The zero-order valence-electron chi connectivity index (χ0n) is 16.3. The number of anilines is 2. The number of benzene rings is 2. The molecule has 0 bridgehead atoms. The first-order valence-electron chi connectivity index (χ1n) is 9.91. The number of aliphatic hydroxyl groups is 1. The van der Waals surface area contributed by atoms with Crippen molar-refractivity contribution >= 4 is 40.7 Å². The lowest BCUT2D eigenvalue weighted by molar-refractivity contribution is -0.136. The van der Waals surface area contributed by atoms with Crippen LogP contribution in [0, 0.1) is 0 Å². The van der Waals surface area contributed by atoms with Gasteiger partial charge in [-0.3, -0.25) is 14.4 Å². The van der Waals surface area contributed by atoms with Gasteiger partial charge in [0.15, 0.2) is 0 Å². The van der Waals surface area contributed by atoms with Gasteiger partial charge in [-0.2, -0.15) is 0 Å². The molecule has 7 nitrogen and oxygen atoms in total. The number of nitrogens with zero attached hydrogens (tertiary/aromatic N) is 1. The van der Waals surface area contributed by atoms with Gasteiger partial charge < -0.3 is 20.6 Å². The monoisotopic (exact) mass is 427 g/mol. The van der Waals surface area contributed by atoms with Crippen LogP contribution in [0.1, 0.15) is 35.6 Å². The molecule has 0 saturated heterocycles. The lowest BCUT2D eigenvalue weighted by atomic mass is 9.99.